The maximum absolute atomic E-state index is 13.3. The summed E-state index contributed by atoms with van der Waals surface area (Å²) >= 11 is 0. The van der Waals surface area contributed by atoms with Crippen molar-refractivity contribution < 1.29 is 17.9 Å². The second kappa shape index (κ2) is 6.42. The van der Waals surface area contributed by atoms with E-state index < -0.39 is 22.4 Å². The van der Waals surface area contributed by atoms with E-state index in [0.29, 0.717) is 5.92 Å². The van der Waals surface area contributed by atoms with Gasteiger partial charge in [-0.25, -0.2) is 17.5 Å². The molecular weight excluding hydrogens is 293 g/mol. The van der Waals surface area contributed by atoms with Crippen molar-refractivity contribution in [3.8, 4) is 0 Å². The molecule has 6 heteroatoms. The largest absolute Gasteiger partial charge is 0.392 e. The fraction of sp³-hybridized carbons (Fsp3) is 0.600. The van der Waals surface area contributed by atoms with Crippen LogP contribution in [0.15, 0.2) is 23.1 Å². The summed E-state index contributed by atoms with van der Waals surface area (Å²) in [4.78, 5) is -0.171. The Morgan fingerprint density at radius 3 is 2.67 bits per heavy atom. The molecule has 0 amide bonds. The Bertz CT molecular complexity index is 603. The van der Waals surface area contributed by atoms with Crippen molar-refractivity contribution in [1.82, 2.24) is 4.72 Å². The highest BCUT2D eigenvalue weighted by Gasteiger charge is 2.30. The number of benzene rings is 1. The van der Waals surface area contributed by atoms with Gasteiger partial charge in [-0.05, 0) is 48.8 Å². The maximum Gasteiger partial charge on any atom is 0.241 e. The molecule has 4 nitrogen and oxygen atoms in total. The number of rotatable bonds is 4. The summed E-state index contributed by atoms with van der Waals surface area (Å²) in [6, 6.07) is 3.27. The van der Waals surface area contributed by atoms with Crippen LogP contribution in [0.3, 0.4) is 0 Å². The standard InChI is InChI=1S/C15H22FNO3S/c1-10-3-6-14(11(2)7-10)17-21(19,20)15-8-13(16)5-4-12(15)9-18/h4-5,8,10-11,14,17-18H,3,6-7,9H2,1-2H3. The molecule has 0 bridgehead atoms. The highest BCUT2D eigenvalue weighted by atomic mass is 32.2. The summed E-state index contributed by atoms with van der Waals surface area (Å²) < 4.78 is 41.0. The van der Waals surface area contributed by atoms with Gasteiger partial charge in [0.15, 0.2) is 0 Å². The van der Waals surface area contributed by atoms with Crippen LogP contribution in [0, 0.1) is 17.7 Å². The van der Waals surface area contributed by atoms with Crippen LogP contribution >= 0.6 is 0 Å². The minimum Gasteiger partial charge on any atom is -0.392 e. The third-order valence-electron chi connectivity index (χ3n) is 4.23. The molecule has 3 atom stereocenters. The van der Waals surface area contributed by atoms with Crippen molar-refractivity contribution >= 4 is 10.0 Å². The van der Waals surface area contributed by atoms with Crippen molar-refractivity contribution in [2.45, 2.75) is 50.7 Å². The SMILES string of the molecule is CC1CCC(NS(=O)(=O)c2cc(F)ccc2CO)C(C)C1. The first kappa shape index (κ1) is 16.4. The van der Waals surface area contributed by atoms with Crippen molar-refractivity contribution in [3.05, 3.63) is 29.6 Å². The van der Waals surface area contributed by atoms with E-state index in [9.17, 15) is 17.9 Å². The second-order valence-corrected chi connectivity index (χ2v) is 7.72. The highest BCUT2D eigenvalue weighted by molar-refractivity contribution is 7.89. The third kappa shape index (κ3) is 3.81. The van der Waals surface area contributed by atoms with Gasteiger partial charge in [-0.2, -0.15) is 0 Å². The van der Waals surface area contributed by atoms with E-state index in [4.69, 9.17) is 0 Å². The van der Waals surface area contributed by atoms with Gasteiger partial charge in [0.05, 0.1) is 11.5 Å². The number of nitrogens with one attached hydrogen (secondary N) is 1. The molecule has 0 spiro atoms. The van der Waals surface area contributed by atoms with Crippen LogP contribution in [-0.4, -0.2) is 19.6 Å². The zero-order valence-corrected chi connectivity index (χ0v) is 13.2. The molecule has 1 aromatic carbocycles. The fourth-order valence-electron chi connectivity index (χ4n) is 3.01. The average molecular weight is 315 g/mol. The summed E-state index contributed by atoms with van der Waals surface area (Å²) in [7, 11) is -3.83. The zero-order chi connectivity index (χ0) is 15.6. The molecule has 0 saturated heterocycles. The minimum atomic E-state index is -3.83. The Hall–Kier alpha value is -0.980. The molecule has 1 saturated carbocycles. The summed E-state index contributed by atoms with van der Waals surface area (Å²) in [5.41, 5.74) is 0.209. The molecule has 1 aliphatic rings. The van der Waals surface area contributed by atoms with Crippen LogP contribution < -0.4 is 4.72 Å². The molecular formula is C15H22FNO3S. The average Bonchev–Trinajstić information content (AvgIpc) is 2.42. The quantitative estimate of drug-likeness (QED) is 0.897. The van der Waals surface area contributed by atoms with E-state index in [1.807, 2.05) is 6.92 Å². The highest BCUT2D eigenvalue weighted by Crippen LogP contribution is 2.30. The summed E-state index contributed by atoms with van der Waals surface area (Å²) in [6.07, 6.45) is 2.74. The Labute approximate surface area is 125 Å². The van der Waals surface area contributed by atoms with Gasteiger partial charge in [0.2, 0.25) is 10.0 Å². The van der Waals surface area contributed by atoms with Gasteiger partial charge in [0.25, 0.3) is 0 Å². The van der Waals surface area contributed by atoms with Crippen LogP contribution in [-0.2, 0) is 16.6 Å². The lowest BCUT2D eigenvalue weighted by atomic mass is 9.80. The monoisotopic (exact) mass is 315 g/mol. The summed E-state index contributed by atoms with van der Waals surface area (Å²) in [5, 5.41) is 9.25. The Kier molecular flexibility index (Phi) is 5.01. The molecule has 1 aromatic rings. The van der Waals surface area contributed by atoms with E-state index in [0.717, 1.165) is 31.4 Å². The summed E-state index contributed by atoms with van der Waals surface area (Å²) in [5.74, 6) is 0.218. The number of hydrogen-bond acceptors (Lipinski definition) is 3. The second-order valence-electron chi connectivity index (χ2n) is 6.03. The Morgan fingerprint density at radius 2 is 2.05 bits per heavy atom. The predicted molar refractivity (Wildman–Crippen MR) is 78.6 cm³/mol. The number of sulfonamides is 1. The van der Waals surface area contributed by atoms with E-state index in [1.165, 1.54) is 6.07 Å². The first-order valence-corrected chi connectivity index (χ1v) is 8.73. The van der Waals surface area contributed by atoms with Gasteiger partial charge in [-0.1, -0.05) is 19.9 Å². The number of halogens is 1. The summed E-state index contributed by atoms with van der Waals surface area (Å²) in [6.45, 7) is 3.76. The molecule has 118 valence electrons. The van der Waals surface area contributed by atoms with E-state index >= 15 is 0 Å². The van der Waals surface area contributed by atoms with Gasteiger partial charge < -0.3 is 5.11 Å². The maximum atomic E-state index is 13.3. The van der Waals surface area contributed by atoms with Crippen molar-refractivity contribution in [2.75, 3.05) is 0 Å². The van der Waals surface area contributed by atoms with E-state index in [1.54, 1.807) is 0 Å². The molecule has 21 heavy (non-hydrogen) atoms. The van der Waals surface area contributed by atoms with Crippen molar-refractivity contribution in [2.24, 2.45) is 11.8 Å². The number of hydrogen-bond donors (Lipinski definition) is 2. The van der Waals surface area contributed by atoms with Crippen molar-refractivity contribution in [3.63, 3.8) is 0 Å². The third-order valence-corrected chi connectivity index (χ3v) is 5.80. The topological polar surface area (TPSA) is 66.4 Å². The number of aliphatic hydroxyl groups is 1. The Balaban J connectivity index is 2.24. The molecule has 0 aliphatic heterocycles. The van der Waals surface area contributed by atoms with Crippen LogP contribution in [0.4, 0.5) is 4.39 Å². The minimum absolute atomic E-state index is 0.138. The molecule has 1 aliphatic carbocycles. The number of aliphatic hydroxyl groups excluding tert-OH is 1. The van der Waals surface area contributed by atoms with Crippen LogP contribution in [0.25, 0.3) is 0 Å². The molecule has 2 rings (SSSR count). The molecule has 1 fully saturated rings. The van der Waals surface area contributed by atoms with Crippen molar-refractivity contribution in [1.29, 1.82) is 0 Å². The fourth-order valence-corrected chi connectivity index (χ4v) is 4.63. The molecule has 0 aromatic heterocycles. The normalized spacial score (nSPS) is 26.8. The van der Waals surface area contributed by atoms with E-state index in [-0.39, 0.29) is 22.4 Å². The zero-order valence-electron chi connectivity index (χ0n) is 12.3. The van der Waals surface area contributed by atoms with Crippen LogP contribution in [0.2, 0.25) is 0 Å². The van der Waals surface area contributed by atoms with Gasteiger partial charge in [0.1, 0.15) is 5.82 Å². The first-order chi connectivity index (χ1) is 9.83. The van der Waals surface area contributed by atoms with Gasteiger partial charge >= 0.3 is 0 Å². The van der Waals surface area contributed by atoms with Crippen LogP contribution in [0.1, 0.15) is 38.7 Å². The lowest BCUT2D eigenvalue weighted by Gasteiger charge is -2.33. The van der Waals surface area contributed by atoms with Gasteiger partial charge in [-0.15, -0.1) is 0 Å². The van der Waals surface area contributed by atoms with Crippen LogP contribution in [0.5, 0.6) is 0 Å². The first-order valence-electron chi connectivity index (χ1n) is 7.25. The van der Waals surface area contributed by atoms with Gasteiger partial charge in [-0.3, -0.25) is 0 Å². The lowest BCUT2D eigenvalue weighted by Crippen LogP contribution is -2.42. The lowest BCUT2D eigenvalue weighted by molar-refractivity contribution is 0.249. The van der Waals surface area contributed by atoms with E-state index in [2.05, 4.69) is 11.6 Å². The van der Waals surface area contributed by atoms with Gasteiger partial charge in [0, 0.05) is 6.04 Å². The molecule has 2 N–H and O–H groups in total. The predicted octanol–water partition coefficient (Wildman–Crippen LogP) is 2.42. The molecule has 0 heterocycles. The Morgan fingerprint density at radius 1 is 1.33 bits per heavy atom. The molecule has 3 unspecified atom stereocenters. The molecule has 0 radical (unpaired) electrons. The smallest absolute Gasteiger partial charge is 0.241 e.